The van der Waals surface area contributed by atoms with E-state index in [1.165, 1.54) is 13.2 Å². The second kappa shape index (κ2) is 9.15. The number of anilines is 1. The summed E-state index contributed by atoms with van der Waals surface area (Å²) in [5.41, 5.74) is 2.63. The van der Waals surface area contributed by atoms with E-state index >= 15 is 0 Å². The molecule has 0 saturated carbocycles. The van der Waals surface area contributed by atoms with Crippen molar-refractivity contribution in [2.45, 2.75) is 12.5 Å². The highest BCUT2D eigenvalue weighted by Gasteiger charge is 2.21. The minimum atomic E-state index is -0.758. The van der Waals surface area contributed by atoms with Gasteiger partial charge in [-0.1, -0.05) is 23.7 Å². The molecular formula is C21H24ClN3O4. The van der Waals surface area contributed by atoms with Gasteiger partial charge in [0.05, 0.1) is 24.8 Å². The van der Waals surface area contributed by atoms with Crippen LogP contribution in [0.3, 0.4) is 0 Å². The quantitative estimate of drug-likeness (QED) is 0.706. The number of halogens is 1. The Balaban J connectivity index is 1.61. The molecule has 1 atom stereocenters. The molecule has 0 radical (unpaired) electrons. The number of rotatable bonds is 6. The van der Waals surface area contributed by atoms with Crippen molar-refractivity contribution in [2.24, 2.45) is 0 Å². The molecule has 2 aromatic rings. The largest absolute Gasteiger partial charge is 0.495 e. The molecule has 1 heterocycles. The Morgan fingerprint density at radius 2 is 2.00 bits per heavy atom. The van der Waals surface area contributed by atoms with Crippen LogP contribution in [0.1, 0.15) is 17.2 Å². The Hall–Kier alpha value is -2.77. The van der Waals surface area contributed by atoms with Gasteiger partial charge in [0.15, 0.2) is 0 Å². The van der Waals surface area contributed by atoms with Crippen molar-refractivity contribution in [1.82, 2.24) is 10.2 Å². The summed E-state index contributed by atoms with van der Waals surface area (Å²) in [6.07, 6.45) is 0.877. The van der Waals surface area contributed by atoms with Crippen LogP contribution in [0.2, 0.25) is 5.02 Å². The van der Waals surface area contributed by atoms with Gasteiger partial charge in [-0.15, -0.1) is 0 Å². The molecule has 2 N–H and O–H groups in total. The van der Waals surface area contributed by atoms with Gasteiger partial charge in [0.25, 0.3) is 0 Å². The van der Waals surface area contributed by atoms with Crippen LogP contribution in [0.5, 0.6) is 11.5 Å². The van der Waals surface area contributed by atoms with Gasteiger partial charge in [0, 0.05) is 18.7 Å². The van der Waals surface area contributed by atoms with Gasteiger partial charge in [-0.3, -0.25) is 9.59 Å². The molecular weight excluding hydrogens is 394 g/mol. The molecule has 29 heavy (non-hydrogen) atoms. The Bertz CT molecular complexity index is 917. The molecule has 8 heteroatoms. The molecule has 0 saturated heterocycles. The highest BCUT2D eigenvalue weighted by molar-refractivity contribution is 6.40. The molecule has 2 aromatic carbocycles. The number of likely N-dealkylation sites (N-methyl/N-ethyl adjacent to an activating group) is 1. The topological polar surface area (TPSA) is 79.9 Å². The molecule has 0 spiro atoms. The van der Waals surface area contributed by atoms with E-state index in [4.69, 9.17) is 21.1 Å². The monoisotopic (exact) mass is 417 g/mol. The van der Waals surface area contributed by atoms with Crippen LogP contribution in [-0.4, -0.2) is 51.1 Å². The van der Waals surface area contributed by atoms with Crippen molar-refractivity contribution in [3.63, 3.8) is 0 Å². The number of carbonyl (C=O) groups is 2. The van der Waals surface area contributed by atoms with E-state index in [1.807, 2.05) is 31.1 Å². The smallest absolute Gasteiger partial charge is 0.313 e. The summed E-state index contributed by atoms with van der Waals surface area (Å²) >= 11 is 6.05. The number of amides is 2. The Kier molecular flexibility index (Phi) is 6.61. The molecule has 0 fully saturated rings. The Morgan fingerprint density at radius 3 is 2.69 bits per heavy atom. The van der Waals surface area contributed by atoms with E-state index in [0.717, 1.165) is 23.3 Å². The summed E-state index contributed by atoms with van der Waals surface area (Å²) in [7, 11) is 5.36. The molecule has 0 bridgehead atoms. The molecule has 154 valence electrons. The minimum Gasteiger partial charge on any atom is -0.495 e. The van der Waals surface area contributed by atoms with Gasteiger partial charge in [-0.05, 0) is 49.5 Å². The fourth-order valence-corrected chi connectivity index (χ4v) is 3.47. The maximum atomic E-state index is 12.3. The van der Waals surface area contributed by atoms with E-state index in [1.54, 1.807) is 12.1 Å². The number of fused-ring (bicyclic) bond motifs is 1. The highest BCUT2D eigenvalue weighted by Crippen LogP contribution is 2.29. The van der Waals surface area contributed by atoms with Crippen molar-refractivity contribution >= 4 is 29.1 Å². The van der Waals surface area contributed by atoms with Crippen LogP contribution in [0.25, 0.3) is 0 Å². The van der Waals surface area contributed by atoms with Crippen LogP contribution in [0.15, 0.2) is 36.4 Å². The number of nitrogens with zero attached hydrogens (tertiary/aromatic N) is 1. The van der Waals surface area contributed by atoms with Crippen LogP contribution >= 0.6 is 11.6 Å². The standard InChI is InChI=1S/C21H24ClN3O4/c1-25(2)17(13-4-6-18-14(10-13)8-9-29-18)12-23-20(26)21(27)24-15-5-7-19(28-3)16(22)11-15/h4-7,10-11,17H,8-9,12H2,1-3H3,(H,23,26)(H,24,27). The second-order valence-electron chi connectivity index (χ2n) is 6.96. The van der Waals surface area contributed by atoms with Gasteiger partial charge >= 0.3 is 11.8 Å². The van der Waals surface area contributed by atoms with E-state index in [2.05, 4.69) is 16.7 Å². The van der Waals surface area contributed by atoms with Crippen LogP contribution in [0.4, 0.5) is 5.69 Å². The van der Waals surface area contributed by atoms with Crippen molar-refractivity contribution < 1.29 is 19.1 Å². The third-order valence-corrected chi connectivity index (χ3v) is 5.09. The number of ether oxygens (including phenoxy) is 2. The van der Waals surface area contributed by atoms with E-state index < -0.39 is 11.8 Å². The number of benzene rings is 2. The lowest BCUT2D eigenvalue weighted by Crippen LogP contribution is -2.40. The zero-order valence-electron chi connectivity index (χ0n) is 16.6. The average molecular weight is 418 g/mol. The molecule has 1 aliphatic heterocycles. The lowest BCUT2D eigenvalue weighted by molar-refractivity contribution is -0.136. The lowest BCUT2D eigenvalue weighted by atomic mass is 10.0. The summed E-state index contributed by atoms with van der Waals surface area (Å²) in [5.74, 6) is -0.0742. The Labute approximate surface area is 174 Å². The summed E-state index contributed by atoms with van der Waals surface area (Å²) in [4.78, 5) is 26.5. The first-order chi connectivity index (χ1) is 13.9. The summed E-state index contributed by atoms with van der Waals surface area (Å²) < 4.78 is 10.6. The summed E-state index contributed by atoms with van der Waals surface area (Å²) in [6.45, 7) is 0.986. The van der Waals surface area contributed by atoms with Gasteiger partial charge < -0.3 is 25.0 Å². The van der Waals surface area contributed by atoms with E-state index in [0.29, 0.717) is 29.6 Å². The minimum absolute atomic E-state index is 0.0759. The van der Waals surface area contributed by atoms with Crippen LogP contribution in [0, 0.1) is 0 Å². The third kappa shape index (κ3) is 4.99. The van der Waals surface area contributed by atoms with Crippen molar-refractivity contribution in [2.75, 3.05) is 39.7 Å². The summed E-state index contributed by atoms with van der Waals surface area (Å²) in [6, 6.07) is 10.7. The van der Waals surface area contributed by atoms with Crippen molar-refractivity contribution in [3.8, 4) is 11.5 Å². The van der Waals surface area contributed by atoms with E-state index in [-0.39, 0.29) is 6.04 Å². The molecule has 1 aliphatic rings. The third-order valence-electron chi connectivity index (χ3n) is 4.79. The predicted octanol–water partition coefficient (Wildman–Crippen LogP) is 2.64. The number of methoxy groups -OCH3 is 1. The summed E-state index contributed by atoms with van der Waals surface area (Å²) in [5, 5.41) is 5.59. The normalized spacial score (nSPS) is 13.4. The van der Waals surface area contributed by atoms with Gasteiger partial charge in [-0.2, -0.15) is 0 Å². The number of hydrogen-bond donors (Lipinski definition) is 2. The molecule has 3 rings (SSSR count). The van der Waals surface area contributed by atoms with Crippen LogP contribution < -0.4 is 20.1 Å². The van der Waals surface area contributed by atoms with E-state index in [9.17, 15) is 9.59 Å². The predicted molar refractivity (Wildman–Crippen MR) is 112 cm³/mol. The zero-order valence-corrected chi connectivity index (χ0v) is 17.4. The lowest BCUT2D eigenvalue weighted by Gasteiger charge is -2.25. The fraction of sp³-hybridized carbons (Fsp3) is 0.333. The SMILES string of the molecule is COc1ccc(NC(=O)C(=O)NCC(c2ccc3c(c2)CCO3)N(C)C)cc1Cl. The highest BCUT2D eigenvalue weighted by atomic mass is 35.5. The first kappa shape index (κ1) is 21.0. The zero-order chi connectivity index (χ0) is 21.0. The number of carbonyl (C=O) groups excluding carboxylic acids is 2. The second-order valence-corrected chi connectivity index (χ2v) is 7.37. The van der Waals surface area contributed by atoms with Gasteiger partial charge in [-0.25, -0.2) is 0 Å². The molecule has 2 amide bonds. The van der Waals surface area contributed by atoms with Crippen molar-refractivity contribution in [3.05, 3.63) is 52.5 Å². The molecule has 0 aliphatic carbocycles. The first-order valence-electron chi connectivity index (χ1n) is 9.24. The molecule has 1 unspecified atom stereocenters. The fourth-order valence-electron chi connectivity index (χ4n) is 3.21. The maximum Gasteiger partial charge on any atom is 0.313 e. The number of nitrogens with one attached hydrogen (secondary N) is 2. The maximum absolute atomic E-state index is 12.3. The Morgan fingerprint density at radius 1 is 1.21 bits per heavy atom. The van der Waals surface area contributed by atoms with Gasteiger partial charge in [0.2, 0.25) is 0 Å². The number of hydrogen-bond acceptors (Lipinski definition) is 5. The molecule has 0 aromatic heterocycles. The van der Waals surface area contributed by atoms with Gasteiger partial charge in [0.1, 0.15) is 11.5 Å². The first-order valence-corrected chi connectivity index (χ1v) is 9.61. The van der Waals surface area contributed by atoms with Crippen LogP contribution in [-0.2, 0) is 16.0 Å². The average Bonchev–Trinajstić information content (AvgIpc) is 3.15. The van der Waals surface area contributed by atoms with Crippen molar-refractivity contribution in [1.29, 1.82) is 0 Å². The molecule has 7 nitrogen and oxygen atoms in total.